The number of amides is 1. The molecule has 1 aliphatic heterocycles. The van der Waals surface area contributed by atoms with E-state index in [1.54, 1.807) is 0 Å². The van der Waals surface area contributed by atoms with Crippen LogP contribution in [0.2, 0.25) is 0 Å². The molecular formula is C16H24N2O2. The average molecular weight is 276 g/mol. The number of nitrogens with one attached hydrogen (secondary N) is 1. The molecule has 1 amide bonds. The van der Waals surface area contributed by atoms with Gasteiger partial charge in [0.25, 0.3) is 0 Å². The number of carbonyl (C=O) groups is 1. The van der Waals surface area contributed by atoms with E-state index in [4.69, 9.17) is 4.74 Å². The predicted molar refractivity (Wildman–Crippen MR) is 80.9 cm³/mol. The quantitative estimate of drug-likeness (QED) is 0.923. The first-order chi connectivity index (χ1) is 9.60. The van der Waals surface area contributed by atoms with Crippen LogP contribution in [-0.4, -0.2) is 32.3 Å². The van der Waals surface area contributed by atoms with Crippen molar-refractivity contribution >= 4 is 11.8 Å². The number of methoxy groups -OCH3 is 1. The molecular weight excluding hydrogens is 252 g/mol. The fraction of sp³-hybridized carbons (Fsp3) is 0.562. The summed E-state index contributed by atoms with van der Waals surface area (Å²) < 4.78 is 4.72. The number of para-hydroxylation sites is 1. The Balaban J connectivity index is 2.10. The monoisotopic (exact) mass is 276 g/mol. The minimum Gasteiger partial charge on any atom is -0.453 e. The summed E-state index contributed by atoms with van der Waals surface area (Å²) in [5.41, 5.74) is 1.22. The van der Waals surface area contributed by atoms with E-state index in [1.807, 2.05) is 6.07 Å². The first kappa shape index (κ1) is 14.7. The smallest absolute Gasteiger partial charge is 0.407 e. The minimum absolute atomic E-state index is 0.142. The van der Waals surface area contributed by atoms with Gasteiger partial charge in [0.1, 0.15) is 0 Å². The van der Waals surface area contributed by atoms with E-state index >= 15 is 0 Å². The standard InChI is InChI=1S/C16H24N2O2/c1-12(2)13-9-14(17-16(19)20-3)11-18(10-13)15-7-5-4-6-8-15/h4-8,12-14H,9-11H2,1-3H3,(H,17,19). The summed E-state index contributed by atoms with van der Waals surface area (Å²) in [5.74, 6) is 1.18. The van der Waals surface area contributed by atoms with Crippen molar-refractivity contribution < 1.29 is 9.53 Å². The van der Waals surface area contributed by atoms with Crippen molar-refractivity contribution in [3.05, 3.63) is 30.3 Å². The van der Waals surface area contributed by atoms with Crippen molar-refractivity contribution in [2.75, 3.05) is 25.1 Å². The van der Waals surface area contributed by atoms with Crippen LogP contribution < -0.4 is 10.2 Å². The van der Waals surface area contributed by atoms with Crippen LogP contribution in [0.1, 0.15) is 20.3 Å². The van der Waals surface area contributed by atoms with Gasteiger partial charge in [0.2, 0.25) is 0 Å². The molecule has 0 bridgehead atoms. The molecule has 0 spiro atoms. The normalized spacial score (nSPS) is 22.7. The number of hydrogen-bond acceptors (Lipinski definition) is 3. The summed E-state index contributed by atoms with van der Waals surface area (Å²) in [7, 11) is 1.41. The SMILES string of the molecule is COC(=O)NC1CC(C(C)C)CN(c2ccccc2)C1. The summed E-state index contributed by atoms with van der Waals surface area (Å²) in [6.07, 6.45) is 0.670. The van der Waals surface area contributed by atoms with Crippen LogP contribution in [0.25, 0.3) is 0 Å². The lowest BCUT2D eigenvalue weighted by molar-refractivity contribution is 0.160. The van der Waals surface area contributed by atoms with Crippen molar-refractivity contribution in [3.8, 4) is 0 Å². The van der Waals surface area contributed by atoms with Crippen molar-refractivity contribution in [1.82, 2.24) is 5.32 Å². The fourth-order valence-electron chi connectivity index (χ4n) is 2.80. The number of benzene rings is 1. The predicted octanol–water partition coefficient (Wildman–Crippen LogP) is 2.89. The second-order valence-electron chi connectivity index (χ2n) is 5.81. The van der Waals surface area contributed by atoms with Gasteiger partial charge in [0, 0.05) is 18.8 Å². The first-order valence-corrected chi connectivity index (χ1v) is 7.24. The second-order valence-corrected chi connectivity index (χ2v) is 5.81. The zero-order chi connectivity index (χ0) is 14.5. The van der Waals surface area contributed by atoms with Gasteiger partial charge in [-0.2, -0.15) is 0 Å². The van der Waals surface area contributed by atoms with Crippen molar-refractivity contribution in [1.29, 1.82) is 0 Å². The Bertz CT molecular complexity index is 433. The van der Waals surface area contributed by atoms with Gasteiger partial charge in [-0.05, 0) is 30.4 Å². The van der Waals surface area contributed by atoms with Gasteiger partial charge in [0.05, 0.1) is 13.2 Å². The van der Waals surface area contributed by atoms with E-state index in [2.05, 4.69) is 48.3 Å². The molecule has 1 saturated heterocycles. The van der Waals surface area contributed by atoms with Gasteiger partial charge in [-0.25, -0.2) is 4.79 Å². The highest BCUT2D eigenvalue weighted by atomic mass is 16.5. The molecule has 2 rings (SSSR count). The molecule has 0 saturated carbocycles. The summed E-state index contributed by atoms with van der Waals surface area (Å²) in [6.45, 7) is 6.37. The Morgan fingerprint density at radius 2 is 2.00 bits per heavy atom. The zero-order valence-corrected chi connectivity index (χ0v) is 12.5. The number of ether oxygens (including phenoxy) is 1. The molecule has 0 aliphatic carbocycles. The molecule has 2 atom stereocenters. The minimum atomic E-state index is -0.340. The first-order valence-electron chi connectivity index (χ1n) is 7.24. The highest BCUT2D eigenvalue weighted by Crippen LogP contribution is 2.27. The highest BCUT2D eigenvalue weighted by molar-refractivity contribution is 5.67. The molecule has 0 aromatic heterocycles. The van der Waals surface area contributed by atoms with E-state index in [9.17, 15) is 4.79 Å². The molecule has 110 valence electrons. The number of piperidine rings is 1. The molecule has 2 unspecified atom stereocenters. The Morgan fingerprint density at radius 3 is 2.60 bits per heavy atom. The molecule has 1 fully saturated rings. The van der Waals surface area contributed by atoms with E-state index < -0.39 is 0 Å². The van der Waals surface area contributed by atoms with Crippen LogP contribution in [0.5, 0.6) is 0 Å². The molecule has 1 N–H and O–H groups in total. The Labute approximate surface area is 121 Å². The number of carbonyl (C=O) groups excluding carboxylic acids is 1. The van der Waals surface area contributed by atoms with Gasteiger partial charge in [-0.3, -0.25) is 0 Å². The van der Waals surface area contributed by atoms with Gasteiger partial charge in [-0.15, -0.1) is 0 Å². The molecule has 4 nitrogen and oxygen atoms in total. The van der Waals surface area contributed by atoms with Gasteiger partial charge < -0.3 is 15.0 Å². The lowest BCUT2D eigenvalue weighted by Gasteiger charge is -2.40. The molecule has 1 aromatic rings. The van der Waals surface area contributed by atoms with E-state index in [-0.39, 0.29) is 12.1 Å². The molecule has 0 radical (unpaired) electrons. The summed E-state index contributed by atoms with van der Waals surface area (Å²) in [6, 6.07) is 10.5. The van der Waals surface area contributed by atoms with Crippen molar-refractivity contribution in [3.63, 3.8) is 0 Å². The Morgan fingerprint density at radius 1 is 1.30 bits per heavy atom. The topological polar surface area (TPSA) is 41.6 Å². The Kier molecular flexibility index (Phi) is 4.88. The lowest BCUT2D eigenvalue weighted by atomic mass is 9.85. The van der Waals surface area contributed by atoms with Crippen LogP contribution in [0.3, 0.4) is 0 Å². The van der Waals surface area contributed by atoms with Crippen molar-refractivity contribution in [2.45, 2.75) is 26.3 Å². The number of rotatable bonds is 3. The molecule has 4 heteroatoms. The summed E-state index contributed by atoms with van der Waals surface area (Å²) in [5, 5.41) is 2.95. The van der Waals surface area contributed by atoms with Gasteiger partial charge in [-0.1, -0.05) is 32.0 Å². The number of anilines is 1. The van der Waals surface area contributed by atoms with E-state index in [0.29, 0.717) is 11.8 Å². The Hall–Kier alpha value is -1.71. The van der Waals surface area contributed by atoms with Crippen LogP contribution >= 0.6 is 0 Å². The maximum Gasteiger partial charge on any atom is 0.407 e. The average Bonchev–Trinajstić information content (AvgIpc) is 2.47. The maximum absolute atomic E-state index is 11.4. The van der Waals surface area contributed by atoms with Gasteiger partial charge >= 0.3 is 6.09 Å². The number of alkyl carbamates (subject to hydrolysis) is 1. The fourth-order valence-corrected chi connectivity index (χ4v) is 2.80. The zero-order valence-electron chi connectivity index (χ0n) is 12.5. The van der Waals surface area contributed by atoms with Crippen LogP contribution in [-0.2, 0) is 4.74 Å². The van der Waals surface area contributed by atoms with Crippen LogP contribution in [0.15, 0.2) is 30.3 Å². The maximum atomic E-state index is 11.4. The highest BCUT2D eigenvalue weighted by Gasteiger charge is 2.30. The third-order valence-corrected chi connectivity index (χ3v) is 4.05. The van der Waals surface area contributed by atoms with E-state index in [1.165, 1.54) is 12.8 Å². The molecule has 1 aromatic carbocycles. The number of hydrogen-bond donors (Lipinski definition) is 1. The second kappa shape index (κ2) is 6.64. The van der Waals surface area contributed by atoms with E-state index in [0.717, 1.165) is 19.5 Å². The largest absolute Gasteiger partial charge is 0.453 e. The number of nitrogens with zero attached hydrogens (tertiary/aromatic N) is 1. The summed E-state index contributed by atoms with van der Waals surface area (Å²) >= 11 is 0. The third-order valence-electron chi connectivity index (χ3n) is 4.05. The van der Waals surface area contributed by atoms with Gasteiger partial charge in [0.15, 0.2) is 0 Å². The van der Waals surface area contributed by atoms with Crippen LogP contribution in [0.4, 0.5) is 10.5 Å². The third kappa shape index (κ3) is 3.65. The molecule has 1 heterocycles. The summed E-state index contributed by atoms with van der Waals surface area (Å²) in [4.78, 5) is 13.8. The van der Waals surface area contributed by atoms with Crippen LogP contribution in [0, 0.1) is 11.8 Å². The molecule has 1 aliphatic rings. The lowest BCUT2D eigenvalue weighted by Crippen LogP contribution is -2.52. The molecule has 20 heavy (non-hydrogen) atoms. The van der Waals surface area contributed by atoms with Crippen molar-refractivity contribution in [2.24, 2.45) is 11.8 Å².